The van der Waals surface area contributed by atoms with Crippen LogP contribution < -0.4 is 0 Å². The van der Waals surface area contributed by atoms with Gasteiger partial charge in [-0.3, -0.25) is 0 Å². The fourth-order valence-corrected chi connectivity index (χ4v) is 10.7. The van der Waals surface area contributed by atoms with E-state index in [2.05, 4.69) is 196 Å². The van der Waals surface area contributed by atoms with Gasteiger partial charge in [0.1, 0.15) is 0 Å². The predicted molar refractivity (Wildman–Crippen MR) is 273 cm³/mol. The zero-order valence-electron chi connectivity index (χ0n) is 37.7. The molecule has 0 bridgehead atoms. The highest BCUT2D eigenvalue weighted by Gasteiger charge is 2.42. The molecule has 2 aliphatic carbocycles. The number of allylic oxidation sites excluding steroid dienone is 2. The van der Waals surface area contributed by atoms with Crippen molar-refractivity contribution in [3.8, 4) is 55.6 Å². The Morgan fingerprint density at radius 3 is 1.24 bits per heavy atom. The second-order valence-electron chi connectivity index (χ2n) is 18.2. The molecule has 0 unspecified atom stereocenters. The van der Waals surface area contributed by atoms with Gasteiger partial charge in [0.2, 0.25) is 0 Å². The summed E-state index contributed by atoms with van der Waals surface area (Å²) < 4.78 is 0. The second kappa shape index (κ2) is 20.0. The van der Waals surface area contributed by atoms with Crippen LogP contribution in [0.25, 0.3) is 67.3 Å². The van der Waals surface area contributed by atoms with Crippen LogP contribution in [0.4, 0.5) is 0 Å². The van der Waals surface area contributed by atoms with Crippen LogP contribution in [-0.2, 0) is 5.41 Å². The highest BCUT2D eigenvalue weighted by Crippen LogP contribution is 2.56. The van der Waals surface area contributed by atoms with Crippen molar-refractivity contribution >= 4 is 11.6 Å². The third kappa shape index (κ3) is 9.10. The molecule has 0 radical (unpaired) electrons. The average molecular weight is 821 g/mol. The van der Waals surface area contributed by atoms with Gasteiger partial charge < -0.3 is 0 Å². The number of fused-ring (bicyclic) bond motifs is 6. The summed E-state index contributed by atoms with van der Waals surface area (Å²) in [5.74, 6) is 0. The van der Waals surface area contributed by atoms with E-state index in [1.807, 2.05) is 0 Å². The van der Waals surface area contributed by atoms with Crippen molar-refractivity contribution in [2.45, 2.75) is 109 Å². The van der Waals surface area contributed by atoms with Gasteiger partial charge >= 0.3 is 0 Å². The molecule has 0 aromatic heterocycles. The van der Waals surface area contributed by atoms with Gasteiger partial charge in [0, 0.05) is 5.41 Å². The summed E-state index contributed by atoms with van der Waals surface area (Å²) in [7, 11) is 0. The van der Waals surface area contributed by atoms with Crippen molar-refractivity contribution in [2.24, 2.45) is 0 Å². The maximum absolute atomic E-state index is 2.63. The average Bonchev–Trinajstić information content (AvgIpc) is 3.79. The Morgan fingerprint density at radius 1 is 0.349 bits per heavy atom. The number of hydrogen-bond donors (Lipinski definition) is 0. The minimum absolute atomic E-state index is 0.00488. The first kappa shape index (κ1) is 42.3. The van der Waals surface area contributed by atoms with E-state index in [9.17, 15) is 0 Å². The zero-order chi connectivity index (χ0) is 42.9. The lowest BCUT2D eigenvalue weighted by Gasteiger charge is -2.33. The molecule has 0 saturated heterocycles. The third-order valence-electron chi connectivity index (χ3n) is 14.1. The van der Waals surface area contributed by atoms with E-state index >= 15 is 0 Å². The lowest BCUT2D eigenvalue weighted by atomic mass is 9.70. The molecule has 0 N–H and O–H groups in total. The molecule has 0 nitrogen and oxygen atoms in total. The van der Waals surface area contributed by atoms with Crippen molar-refractivity contribution in [1.82, 2.24) is 0 Å². The quantitative estimate of drug-likeness (QED) is 0.0713. The maximum Gasteiger partial charge on any atom is 0.0215 e. The van der Waals surface area contributed by atoms with Crippen LogP contribution in [0.5, 0.6) is 0 Å². The van der Waals surface area contributed by atoms with Gasteiger partial charge in [-0.2, -0.15) is 0 Å². The van der Waals surface area contributed by atoms with Crippen molar-refractivity contribution in [3.63, 3.8) is 0 Å². The van der Waals surface area contributed by atoms with Crippen molar-refractivity contribution in [2.75, 3.05) is 0 Å². The minimum Gasteiger partial charge on any atom is -0.0654 e. The van der Waals surface area contributed by atoms with Gasteiger partial charge in [-0.15, -0.1) is 0 Å². The standard InChI is InChI=1S/C63H64/c1-3-5-7-9-11-22-41-63(42-23-12-10-8-6-4-2)61-45-52(49-30-20-15-21-31-49)35-39-57(61)58-40-36-53(46-62(58)63)51-34-38-56-55-37-33-50(48-28-18-14-19-29-48)43-59(55)54(60(56)44-51)32-24-27-47-25-16-13-17-26-47/h13-21,24-40,43-46H,3-12,22-23,41-42H2,1-2H3/b27-24+,54-32-. The Labute approximate surface area is 378 Å². The molecule has 0 heterocycles. The van der Waals surface area contributed by atoms with E-state index in [1.165, 1.54) is 168 Å². The summed E-state index contributed by atoms with van der Waals surface area (Å²) in [5.41, 5.74) is 21.5. The van der Waals surface area contributed by atoms with Crippen LogP contribution in [0.2, 0.25) is 0 Å². The van der Waals surface area contributed by atoms with E-state index in [0.29, 0.717) is 0 Å². The summed E-state index contributed by atoms with van der Waals surface area (Å²) >= 11 is 0. The molecule has 2 aliphatic rings. The van der Waals surface area contributed by atoms with Crippen LogP contribution in [-0.4, -0.2) is 0 Å². The molecule has 0 atom stereocenters. The zero-order valence-corrected chi connectivity index (χ0v) is 37.7. The molecule has 316 valence electrons. The Morgan fingerprint density at radius 2 is 0.746 bits per heavy atom. The molecule has 7 aromatic carbocycles. The molecule has 0 fully saturated rings. The monoisotopic (exact) mass is 821 g/mol. The molecule has 9 rings (SSSR count). The second-order valence-corrected chi connectivity index (χ2v) is 18.2. The molecular formula is C63H64. The van der Waals surface area contributed by atoms with Crippen molar-refractivity contribution in [3.05, 3.63) is 204 Å². The summed E-state index contributed by atoms with van der Waals surface area (Å²) in [6.45, 7) is 4.65. The summed E-state index contributed by atoms with van der Waals surface area (Å²) in [5, 5.41) is 0. The topological polar surface area (TPSA) is 0 Å². The van der Waals surface area contributed by atoms with Crippen LogP contribution in [0.15, 0.2) is 176 Å². The smallest absolute Gasteiger partial charge is 0.0215 e. The summed E-state index contributed by atoms with van der Waals surface area (Å²) in [6.07, 6.45) is 25.0. The van der Waals surface area contributed by atoms with Gasteiger partial charge in [0.25, 0.3) is 0 Å². The molecule has 0 aliphatic heterocycles. The molecule has 0 spiro atoms. The first-order chi connectivity index (χ1) is 31.2. The number of hydrogen-bond acceptors (Lipinski definition) is 0. The summed E-state index contributed by atoms with van der Waals surface area (Å²) in [4.78, 5) is 0. The largest absolute Gasteiger partial charge is 0.0654 e. The van der Waals surface area contributed by atoms with Crippen LogP contribution in [0.1, 0.15) is 132 Å². The maximum atomic E-state index is 2.63. The SMILES string of the molecule is CCCCCCCCC1(CCCCCCCC)c2cc(-c3ccccc3)ccc2-c2ccc(-c3ccc4c(c3)/C(=C\C=C\c3ccccc3)c3cc(-c5ccccc5)ccc3-4)cc21. The molecule has 7 aromatic rings. The van der Waals surface area contributed by atoms with E-state index in [-0.39, 0.29) is 5.41 Å². The van der Waals surface area contributed by atoms with E-state index in [0.717, 1.165) is 0 Å². The van der Waals surface area contributed by atoms with Gasteiger partial charge in [0.15, 0.2) is 0 Å². The number of rotatable bonds is 19. The van der Waals surface area contributed by atoms with Gasteiger partial charge in [-0.1, -0.05) is 249 Å². The fraction of sp³-hybridized carbons (Fsp3) is 0.270. The highest BCUT2D eigenvalue weighted by molar-refractivity contribution is 6.04. The summed E-state index contributed by atoms with van der Waals surface area (Å²) in [6, 6.07) is 61.7. The Balaban J connectivity index is 1.13. The van der Waals surface area contributed by atoms with Gasteiger partial charge in [-0.05, 0) is 126 Å². The first-order valence-corrected chi connectivity index (χ1v) is 24.3. The third-order valence-corrected chi connectivity index (χ3v) is 14.1. The Bertz CT molecular complexity index is 2660. The normalized spacial score (nSPS) is 13.9. The lowest BCUT2D eigenvalue weighted by molar-refractivity contribution is 0.398. The first-order valence-electron chi connectivity index (χ1n) is 24.3. The molecular weight excluding hydrogens is 757 g/mol. The van der Waals surface area contributed by atoms with Crippen LogP contribution >= 0.6 is 0 Å². The van der Waals surface area contributed by atoms with Crippen LogP contribution in [0.3, 0.4) is 0 Å². The number of unbranched alkanes of at least 4 members (excludes halogenated alkanes) is 10. The van der Waals surface area contributed by atoms with Gasteiger partial charge in [0.05, 0.1) is 0 Å². The van der Waals surface area contributed by atoms with Crippen LogP contribution in [0, 0.1) is 0 Å². The van der Waals surface area contributed by atoms with E-state index in [4.69, 9.17) is 0 Å². The molecule has 0 saturated carbocycles. The van der Waals surface area contributed by atoms with E-state index in [1.54, 1.807) is 11.1 Å². The molecule has 0 heteroatoms. The van der Waals surface area contributed by atoms with Gasteiger partial charge in [-0.25, -0.2) is 0 Å². The van der Waals surface area contributed by atoms with Crippen molar-refractivity contribution in [1.29, 1.82) is 0 Å². The Kier molecular flexibility index (Phi) is 13.5. The number of benzene rings is 7. The Hall–Kier alpha value is -5.98. The highest BCUT2D eigenvalue weighted by atomic mass is 14.5. The lowest BCUT2D eigenvalue weighted by Crippen LogP contribution is -2.25. The van der Waals surface area contributed by atoms with E-state index < -0.39 is 0 Å². The molecule has 63 heavy (non-hydrogen) atoms. The molecule has 0 amide bonds. The van der Waals surface area contributed by atoms with Crippen molar-refractivity contribution < 1.29 is 0 Å². The predicted octanol–water partition coefficient (Wildman–Crippen LogP) is 18.6. The minimum atomic E-state index is -0.00488. The fourth-order valence-electron chi connectivity index (χ4n) is 10.7.